The van der Waals surface area contributed by atoms with Crippen LogP contribution >= 0.6 is 11.3 Å². The molecule has 0 unspecified atom stereocenters. The standard InChI is InChI=1S/C22H28N4O3S/c27-21-17-14-25(13-16-5-3-11-30-16)9-7-18(17)23-20(24-21)15-4-1-8-26(12-15)22(28)19-6-2-10-29-19/h3,5,11,15,19H,1-2,4,6-10,12-14H2,(H,23,24,27)/t15-,19+/m1/s1. The fraction of sp³-hybridized carbons (Fsp3) is 0.591. The van der Waals surface area contributed by atoms with Crippen LogP contribution in [0.4, 0.5) is 0 Å². The minimum absolute atomic E-state index is 0.0199. The van der Waals surface area contributed by atoms with Gasteiger partial charge in [0.15, 0.2) is 0 Å². The molecule has 0 bridgehead atoms. The predicted molar refractivity (Wildman–Crippen MR) is 115 cm³/mol. The first-order chi connectivity index (χ1) is 14.7. The molecular formula is C22H28N4O3S. The first kappa shape index (κ1) is 19.9. The maximum Gasteiger partial charge on any atom is 0.255 e. The van der Waals surface area contributed by atoms with Crippen LogP contribution in [0.5, 0.6) is 0 Å². The van der Waals surface area contributed by atoms with Crippen LogP contribution in [0.3, 0.4) is 0 Å². The molecule has 3 aliphatic heterocycles. The Labute approximate surface area is 180 Å². The number of hydrogen-bond acceptors (Lipinski definition) is 6. The summed E-state index contributed by atoms with van der Waals surface area (Å²) in [5.41, 5.74) is 1.71. The molecule has 2 fully saturated rings. The minimum atomic E-state index is -0.284. The monoisotopic (exact) mass is 428 g/mol. The number of hydrogen-bond donors (Lipinski definition) is 1. The first-order valence-electron chi connectivity index (χ1n) is 10.9. The Morgan fingerprint density at radius 1 is 1.30 bits per heavy atom. The fourth-order valence-electron chi connectivity index (χ4n) is 4.83. The van der Waals surface area contributed by atoms with Gasteiger partial charge in [-0.2, -0.15) is 0 Å². The molecule has 2 aromatic rings. The maximum atomic E-state index is 12.9. The van der Waals surface area contributed by atoms with Gasteiger partial charge in [-0.15, -0.1) is 11.3 Å². The number of carbonyl (C=O) groups excluding carboxylic acids is 1. The number of H-pyrrole nitrogens is 1. The third-order valence-electron chi connectivity index (χ3n) is 6.45. The van der Waals surface area contributed by atoms with Crippen LogP contribution in [-0.2, 0) is 29.0 Å². The number of thiophene rings is 1. The molecule has 160 valence electrons. The molecule has 1 amide bonds. The van der Waals surface area contributed by atoms with Gasteiger partial charge in [0.2, 0.25) is 0 Å². The van der Waals surface area contributed by atoms with Gasteiger partial charge in [0.1, 0.15) is 11.9 Å². The number of nitrogens with zero attached hydrogens (tertiary/aromatic N) is 3. The fourth-order valence-corrected chi connectivity index (χ4v) is 5.57. The average molecular weight is 429 g/mol. The Hall–Kier alpha value is -2.03. The molecule has 0 saturated carbocycles. The number of ether oxygens (including phenoxy) is 1. The number of piperidine rings is 1. The van der Waals surface area contributed by atoms with E-state index in [9.17, 15) is 9.59 Å². The minimum Gasteiger partial charge on any atom is -0.368 e. The van der Waals surface area contributed by atoms with Crippen molar-refractivity contribution in [1.82, 2.24) is 19.8 Å². The quantitative estimate of drug-likeness (QED) is 0.808. The zero-order valence-electron chi connectivity index (χ0n) is 17.1. The van der Waals surface area contributed by atoms with E-state index < -0.39 is 0 Å². The van der Waals surface area contributed by atoms with E-state index in [1.807, 2.05) is 4.90 Å². The number of nitrogens with one attached hydrogen (secondary N) is 1. The Morgan fingerprint density at radius 3 is 3.03 bits per heavy atom. The molecule has 5 rings (SSSR count). The smallest absolute Gasteiger partial charge is 0.255 e. The second kappa shape index (κ2) is 8.61. The number of fused-ring (bicyclic) bond motifs is 1. The van der Waals surface area contributed by atoms with Crippen molar-refractivity contribution in [3.63, 3.8) is 0 Å². The summed E-state index contributed by atoms with van der Waals surface area (Å²) >= 11 is 1.75. The molecule has 3 aliphatic rings. The van der Waals surface area contributed by atoms with Crippen LogP contribution in [0.25, 0.3) is 0 Å². The molecule has 2 atom stereocenters. The van der Waals surface area contributed by atoms with E-state index in [2.05, 4.69) is 27.4 Å². The summed E-state index contributed by atoms with van der Waals surface area (Å²) in [4.78, 5) is 39.1. The summed E-state index contributed by atoms with van der Waals surface area (Å²) in [6.45, 7) is 4.49. The molecule has 2 aromatic heterocycles. The largest absolute Gasteiger partial charge is 0.368 e. The van der Waals surface area contributed by atoms with Crippen molar-refractivity contribution in [2.75, 3.05) is 26.2 Å². The van der Waals surface area contributed by atoms with E-state index in [-0.39, 0.29) is 23.5 Å². The molecule has 7 nitrogen and oxygen atoms in total. The van der Waals surface area contributed by atoms with Gasteiger partial charge in [0, 0.05) is 56.5 Å². The van der Waals surface area contributed by atoms with Crippen molar-refractivity contribution >= 4 is 17.2 Å². The molecule has 2 saturated heterocycles. The van der Waals surface area contributed by atoms with E-state index in [1.165, 1.54) is 4.88 Å². The topological polar surface area (TPSA) is 78.5 Å². The molecule has 1 N–H and O–H groups in total. The Balaban J connectivity index is 1.29. The summed E-state index contributed by atoms with van der Waals surface area (Å²) in [5.74, 6) is 0.934. The lowest BCUT2D eigenvalue weighted by molar-refractivity contribution is -0.142. The van der Waals surface area contributed by atoms with Gasteiger partial charge in [-0.05, 0) is 37.1 Å². The number of aromatic amines is 1. The first-order valence-corrected chi connectivity index (χ1v) is 11.8. The highest BCUT2D eigenvalue weighted by Gasteiger charge is 2.33. The second-order valence-corrected chi connectivity index (χ2v) is 9.57. The van der Waals surface area contributed by atoms with Crippen LogP contribution < -0.4 is 5.56 Å². The lowest BCUT2D eigenvalue weighted by Crippen LogP contribution is -2.45. The highest BCUT2D eigenvalue weighted by molar-refractivity contribution is 7.09. The number of likely N-dealkylation sites (tertiary alicyclic amines) is 1. The van der Waals surface area contributed by atoms with Gasteiger partial charge >= 0.3 is 0 Å². The van der Waals surface area contributed by atoms with Crippen LogP contribution in [-0.4, -0.2) is 58.0 Å². The molecule has 30 heavy (non-hydrogen) atoms. The predicted octanol–water partition coefficient (Wildman–Crippen LogP) is 2.27. The summed E-state index contributed by atoms with van der Waals surface area (Å²) in [7, 11) is 0. The molecule has 8 heteroatoms. The van der Waals surface area contributed by atoms with Crippen molar-refractivity contribution < 1.29 is 9.53 Å². The highest BCUT2D eigenvalue weighted by atomic mass is 32.1. The summed E-state index contributed by atoms with van der Waals surface area (Å²) in [5, 5.41) is 2.09. The zero-order valence-corrected chi connectivity index (χ0v) is 18.0. The lowest BCUT2D eigenvalue weighted by Gasteiger charge is -2.34. The van der Waals surface area contributed by atoms with Crippen LogP contribution in [0.1, 0.15) is 53.6 Å². The van der Waals surface area contributed by atoms with Crippen LogP contribution in [0, 0.1) is 0 Å². The average Bonchev–Trinajstić information content (AvgIpc) is 3.48. The van der Waals surface area contributed by atoms with Crippen LogP contribution in [0.2, 0.25) is 0 Å². The molecule has 0 aromatic carbocycles. The second-order valence-electron chi connectivity index (χ2n) is 8.54. The van der Waals surface area contributed by atoms with Crippen molar-refractivity contribution in [2.45, 2.75) is 57.2 Å². The molecule has 5 heterocycles. The number of amides is 1. The Bertz CT molecular complexity index is 952. The van der Waals surface area contributed by atoms with E-state index in [4.69, 9.17) is 9.72 Å². The third kappa shape index (κ3) is 4.08. The highest BCUT2D eigenvalue weighted by Crippen LogP contribution is 2.27. The van der Waals surface area contributed by atoms with E-state index in [0.29, 0.717) is 19.7 Å². The SMILES string of the molecule is O=C([C@@H]1CCCO1)N1CCC[C@@H](c2nc3c(c(=O)[nH]2)CN(Cc2cccs2)CC3)C1. The molecular weight excluding hydrogens is 400 g/mol. The van der Waals surface area contributed by atoms with E-state index >= 15 is 0 Å². The van der Waals surface area contributed by atoms with Gasteiger partial charge in [-0.3, -0.25) is 14.5 Å². The van der Waals surface area contributed by atoms with Gasteiger partial charge in [0.25, 0.3) is 11.5 Å². The number of aromatic nitrogens is 2. The van der Waals surface area contributed by atoms with E-state index in [0.717, 1.165) is 68.8 Å². The van der Waals surface area contributed by atoms with Gasteiger partial charge in [-0.25, -0.2) is 4.98 Å². The normalized spacial score (nSPS) is 24.7. The summed E-state index contributed by atoms with van der Waals surface area (Å²) in [6, 6.07) is 4.20. The zero-order chi connectivity index (χ0) is 20.5. The molecule has 0 radical (unpaired) electrons. The van der Waals surface area contributed by atoms with Gasteiger partial charge in [0.05, 0.1) is 11.3 Å². The summed E-state index contributed by atoms with van der Waals surface area (Å²) in [6.07, 6.45) is 4.16. The van der Waals surface area contributed by atoms with Gasteiger partial charge < -0.3 is 14.6 Å². The van der Waals surface area contributed by atoms with Crippen molar-refractivity contribution in [2.24, 2.45) is 0 Å². The number of rotatable bonds is 4. The van der Waals surface area contributed by atoms with E-state index in [1.54, 1.807) is 11.3 Å². The van der Waals surface area contributed by atoms with Crippen LogP contribution in [0.15, 0.2) is 22.3 Å². The van der Waals surface area contributed by atoms with Crippen molar-refractivity contribution in [3.05, 3.63) is 49.8 Å². The Kier molecular flexibility index (Phi) is 5.71. The third-order valence-corrected chi connectivity index (χ3v) is 7.31. The molecule has 0 spiro atoms. The summed E-state index contributed by atoms with van der Waals surface area (Å²) < 4.78 is 5.58. The molecule has 0 aliphatic carbocycles. The maximum absolute atomic E-state index is 12.9. The Morgan fingerprint density at radius 2 is 2.23 bits per heavy atom. The lowest BCUT2D eigenvalue weighted by atomic mass is 9.95. The van der Waals surface area contributed by atoms with Crippen molar-refractivity contribution in [3.8, 4) is 0 Å². The number of carbonyl (C=O) groups is 1. The van der Waals surface area contributed by atoms with Crippen molar-refractivity contribution in [1.29, 1.82) is 0 Å². The van der Waals surface area contributed by atoms with Gasteiger partial charge in [-0.1, -0.05) is 6.07 Å².